The van der Waals surface area contributed by atoms with Gasteiger partial charge in [-0.2, -0.15) is 10.4 Å². The summed E-state index contributed by atoms with van der Waals surface area (Å²) in [5.74, 6) is 0. The van der Waals surface area contributed by atoms with Crippen LogP contribution in [-0.4, -0.2) is 38.8 Å². The molecule has 5 rings (SSSR count). The van der Waals surface area contributed by atoms with Crippen LogP contribution in [0.25, 0.3) is 22.2 Å². The normalized spacial score (nSPS) is 20.8. The average Bonchev–Trinajstić information content (AvgIpc) is 3.39. The third-order valence-corrected chi connectivity index (χ3v) is 5.82. The van der Waals surface area contributed by atoms with E-state index in [1.807, 2.05) is 24.4 Å². The third kappa shape index (κ3) is 2.45. The van der Waals surface area contributed by atoms with Crippen LogP contribution >= 0.6 is 0 Å². The van der Waals surface area contributed by atoms with Crippen LogP contribution < -0.4 is 5.32 Å². The lowest BCUT2D eigenvalue weighted by Crippen LogP contribution is -2.38. The number of benzene rings is 1. The number of hydrogen-bond acceptors (Lipinski definition) is 4. The lowest BCUT2D eigenvalue weighted by atomic mass is 9.82. The van der Waals surface area contributed by atoms with Crippen molar-refractivity contribution in [2.24, 2.45) is 0 Å². The first-order chi connectivity index (χ1) is 13.2. The molecule has 1 fully saturated rings. The lowest BCUT2D eigenvalue weighted by Gasteiger charge is -2.22. The van der Waals surface area contributed by atoms with Gasteiger partial charge in [-0.3, -0.25) is 9.67 Å². The Kier molecular flexibility index (Phi) is 3.41. The molecule has 0 bridgehead atoms. The van der Waals surface area contributed by atoms with Crippen LogP contribution in [-0.2, 0) is 12.0 Å². The van der Waals surface area contributed by atoms with Crippen LogP contribution in [0.2, 0.25) is 0 Å². The van der Waals surface area contributed by atoms with Crippen molar-refractivity contribution in [3.63, 3.8) is 0 Å². The molecule has 2 aliphatic rings. The Hall–Kier alpha value is -3.40. The molecule has 0 radical (unpaired) electrons. The molecule has 2 aromatic heterocycles. The van der Waals surface area contributed by atoms with E-state index >= 15 is 0 Å². The maximum atomic E-state index is 12.0. The first kappa shape index (κ1) is 15.8. The Bertz CT molecular complexity index is 1100. The zero-order valence-corrected chi connectivity index (χ0v) is 14.7. The van der Waals surface area contributed by atoms with Crippen molar-refractivity contribution in [3.8, 4) is 17.5 Å². The highest BCUT2D eigenvalue weighted by atomic mass is 16.2. The van der Waals surface area contributed by atoms with Gasteiger partial charge >= 0.3 is 6.03 Å². The number of urea groups is 1. The van der Waals surface area contributed by atoms with E-state index in [2.05, 4.69) is 33.2 Å². The fraction of sp³-hybridized carbons (Fsp3) is 0.300. The van der Waals surface area contributed by atoms with Gasteiger partial charge in [0.2, 0.25) is 0 Å². The number of pyridine rings is 1. The molecule has 134 valence electrons. The van der Waals surface area contributed by atoms with E-state index in [-0.39, 0.29) is 11.4 Å². The molecule has 0 aliphatic carbocycles. The van der Waals surface area contributed by atoms with E-state index in [1.165, 1.54) is 5.69 Å². The molecule has 4 heterocycles. The topological polar surface area (TPSA) is 86.8 Å². The summed E-state index contributed by atoms with van der Waals surface area (Å²) in [6, 6.07) is 12.0. The second kappa shape index (κ2) is 5.81. The number of para-hydroxylation sites is 1. The number of aromatic nitrogens is 3. The number of nitriles is 1. The highest BCUT2D eigenvalue weighted by molar-refractivity contribution is 5.82. The molecule has 1 aromatic carbocycles. The van der Waals surface area contributed by atoms with Crippen LogP contribution in [0.4, 0.5) is 4.79 Å². The smallest absolute Gasteiger partial charge is 0.323 e. The Balaban J connectivity index is 1.47. The number of aryl methyl sites for hydroxylation is 1. The molecule has 0 saturated carbocycles. The molecule has 1 saturated heterocycles. The number of nitrogens with one attached hydrogen (secondary N) is 1. The Labute approximate surface area is 156 Å². The van der Waals surface area contributed by atoms with Gasteiger partial charge in [0, 0.05) is 47.9 Å². The fourth-order valence-electron chi connectivity index (χ4n) is 4.40. The summed E-state index contributed by atoms with van der Waals surface area (Å²) >= 11 is 0. The van der Waals surface area contributed by atoms with Crippen molar-refractivity contribution in [1.29, 1.82) is 5.26 Å². The predicted octanol–water partition coefficient (Wildman–Crippen LogP) is 2.64. The summed E-state index contributed by atoms with van der Waals surface area (Å²) in [6.07, 6.45) is 5.46. The SMILES string of the molecule is N#CNC(=O)N1CCC2(CCn3nc(-c4cnc5ccccc5c4)cc32)C1. The van der Waals surface area contributed by atoms with Gasteiger partial charge in [-0.05, 0) is 31.0 Å². The molecule has 1 spiro atoms. The molecule has 7 nitrogen and oxygen atoms in total. The van der Waals surface area contributed by atoms with Crippen molar-refractivity contribution in [1.82, 2.24) is 25.0 Å². The zero-order valence-electron chi connectivity index (χ0n) is 14.7. The van der Waals surface area contributed by atoms with Gasteiger partial charge in [-0.1, -0.05) is 18.2 Å². The molecule has 2 aliphatic heterocycles. The summed E-state index contributed by atoms with van der Waals surface area (Å²) in [6.45, 7) is 2.14. The van der Waals surface area contributed by atoms with Crippen LogP contribution in [0, 0.1) is 11.5 Å². The Morgan fingerprint density at radius 2 is 2.07 bits per heavy atom. The number of fused-ring (bicyclic) bond motifs is 3. The van der Waals surface area contributed by atoms with Gasteiger partial charge in [-0.15, -0.1) is 0 Å². The molecular weight excluding hydrogens is 340 g/mol. The Morgan fingerprint density at radius 1 is 1.22 bits per heavy atom. The minimum atomic E-state index is -0.314. The lowest BCUT2D eigenvalue weighted by molar-refractivity contribution is 0.210. The van der Waals surface area contributed by atoms with Crippen molar-refractivity contribution in [3.05, 3.63) is 48.3 Å². The average molecular weight is 358 g/mol. The molecule has 2 amide bonds. The zero-order chi connectivity index (χ0) is 18.4. The van der Waals surface area contributed by atoms with E-state index in [0.717, 1.165) is 41.5 Å². The summed E-state index contributed by atoms with van der Waals surface area (Å²) in [4.78, 5) is 18.3. The molecular formula is C20H18N6O. The van der Waals surface area contributed by atoms with Crippen LogP contribution in [0.5, 0.6) is 0 Å². The van der Waals surface area contributed by atoms with E-state index in [1.54, 1.807) is 11.1 Å². The molecule has 1 unspecified atom stereocenters. The van der Waals surface area contributed by atoms with E-state index in [0.29, 0.717) is 13.1 Å². The first-order valence-electron chi connectivity index (χ1n) is 9.06. The third-order valence-electron chi connectivity index (χ3n) is 5.82. The fourth-order valence-corrected chi connectivity index (χ4v) is 4.40. The van der Waals surface area contributed by atoms with Crippen LogP contribution in [0.1, 0.15) is 18.5 Å². The van der Waals surface area contributed by atoms with E-state index < -0.39 is 0 Å². The van der Waals surface area contributed by atoms with Crippen LogP contribution in [0.3, 0.4) is 0 Å². The van der Waals surface area contributed by atoms with Crippen molar-refractivity contribution in [2.45, 2.75) is 24.8 Å². The predicted molar refractivity (Wildman–Crippen MR) is 99.6 cm³/mol. The summed E-state index contributed by atoms with van der Waals surface area (Å²) in [5.41, 5.74) is 4.00. The van der Waals surface area contributed by atoms with Gasteiger partial charge in [0.05, 0.1) is 11.2 Å². The van der Waals surface area contributed by atoms with Gasteiger partial charge in [-0.25, -0.2) is 10.1 Å². The molecule has 27 heavy (non-hydrogen) atoms. The first-order valence-corrected chi connectivity index (χ1v) is 9.06. The van der Waals surface area contributed by atoms with Gasteiger partial charge in [0.15, 0.2) is 6.19 Å². The van der Waals surface area contributed by atoms with Crippen LogP contribution in [0.15, 0.2) is 42.6 Å². The van der Waals surface area contributed by atoms with Gasteiger partial charge in [0.1, 0.15) is 0 Å². The maximum absolute atomic E-state index is 12.0. The molecule has 1 atom stereocenters. The number of carbonyl (C=O) groups is 1. The number of hydrogen-bond donors (Lipinski definition) is 1. The minimum absolute atomic E-state index is 0.0671. The minimum Gasteiger partial charge on any atom is -0.323 e. The van der Waals surface area contributed by atoms with E-state index in [4.69, 9.17) is 10.4 Å². The highest BCUT2D eigenvalue weighted by Gasteiger charge is 2.46. The summed E-state index contributed by atoms with van der Waals surface area (Å²) in [7, 11) is 0. The second-order valence-electron chi connectivity index (χ2n) is 7.30. The maximum Gasteiger partial charge on any atom is 0.330 e. The van der Waals surface area contributed by atoms with Gasteiger partial charge < -0.3 is 4.90 Å². The number of amides is 2. The monoisotopic (exact) mass is 358 g/mol. The molecule has 3 aromatic rings. The standard InChI is InChI=1S/C20H18N6O/c21-13-23-19(27)25-7-5-20(12-25)6-8-26-18(20)10-17(24-26)15-9-14-3-1-2-4-16(14)22-11-15/h1-4,9-11H,5-8,12H2,(H,23,27). The van der Waals surface area contributed by atoms with Crippen molar-refractivity contribution >= 4 is 16.9 Å². The van der Waals surface area contributed by atoms with Gasteiger partial charge in [0.25, 0.3) is 0 Å². The second-order valence-corrected chi connectivity index (χ2v) is 7.30. The number of likely N-dealkylation sites (tertiary alicyclic amines) is 1. The summed E-state index contributed by atoms with van der Waals surface area (Å²) in [5, 5.41) is 16.8. The van der Waals surface area contributed by atoms with Crippen molar-refractivity contribution in [2.75, 3.05) is 13.1 Å². The number of nitrogens with zero attached hydrogens (tertiary/aromatic N) is 5. The summed E-state index contributed by atoms with van der Waals surface area (Å²) < 4.78 is 2.07. The largest absolute Gasteiger partial charge is 0.330 e. The Morgan fingerprint density at radius 3 is 2.96 bits per heavy atom. The quantitative estimate of drug-likeness (QED) is 0.535. The number of rotatable bonds is 1. The molecule has 1 N–H and O–H groups in total. The van der Waals surface area contributed by atoms with Crippen molar-refractivity contribution < 1.29 is 4.79 Å². The number of carbonyl (C=O) groups excluding carboxylic acids is 1. The van der Waals surface area contributed by atoms with E-state index in [9.17, 15) is 4.79 Å². The highest BCUT2D eigenvalue weighted by Crippen LogP contribution is 2.43. The molecule has 7 heteroatoms.